The van der Waals surface area contributed by atoms with E-state index in [9.17, 15) is 4.79 Å². The maximum atomic E-state index is 12.6. The molecular weight excluding hydrogens is 212 g/mol. The van der Waals surface area contributed by atoms with Gasteiger partial charge in [0.15, 0.2) is 11.4 Å². The van der Waals surface area contributed by atoms with Crippen LogP contribution < -0.4 is 0 Å². The molecule has 0 saturated heterocycles. The Balaban J connectivity index is 2.40. The Morgan fingerprint density at radius 1 is 1.29 bits per heavy atom. The summed E-state index contributed by atoms with van der Waals surface area (Å²) in [6, 6.07) is 7.61. The molecule has 0 aromatic heterocycles. The van der Waals surface area contributed by atoms with Crippen molar-refractivity contribution >= 4 is 5.78 Å². The molecule has 2 heteroatoms. The molecule has 2 rings (SSSR count). The molecule has 1 aromatic carbocycles. The highest BCUT2D eigenvalue weighted by Gasteiger charge is 2.36. The minimum absolute atomic E-state index is 0.0266. The summed E-state index contributed by atoms with van der Waals surface area (Å²) in [5, 5.41) is 0. The number of Topliss-reactive ketones (excluding diaryl/α,β-unsaturated/α-hetero) is 1. The topological polar surface area (TPSA) is 26.3 Å². The second-order valence-electron chi connectivity index (χ2n) is 4.23. The fourth-order valence-electron chi connectivity index (χ4n) is 2.07. The van der Waals surface area contributed by atoms with Gasteiger partial charge in [0.1, 0.15) is 0 Å². The Bertz CT molecular complexity index is 485. The third-order valence-corrected chi connectivity index (χ3v) is 3.17. The molecule has 0 saturated carbocycles. The molecule has 0 heterocycles. The van der Waals surface area contributed by atoms with Gasteiger partial charge in [-0.25, -0.2) is 0 Å². The fourth-order valence-corrected chi connectivity index (χ4v) is 2.07. The smallest absolute Gasteiger partial charge is 0.199 e. The first kappa shape index (κ1) is 11.8. The monoisotopic (exact) mass is 228 g/mol. The van der Waals surface area contributed by atoms with E-state index >= 15 is 0 Å². The second kappa shape index (κ2) is 4.68. The molecule has 0 bridgehead atoms. The van der Waals surface area contributed by atoms with E-state index in [-0.39, 0.29) is 5.78 Å². The van der Waals surface area contributed by atoms with Gasteiger partial charge in [0, 0.05) is 19.1 Å². The number of rotatable bonds is 3. The highest BCUT2D eigenvalue weighted by molar-refractivity contribution is 6.05. The van der Waals surface area contributed by atoms with E-state index in [1.54, 1.807) is 7.11 Å². The summed E-state index contributed by atoms with van der Waals surface area (Å²) in [5.74, 6) is 0.0266. The molecule has 1 atom stereocenters. The summed E-state index contributed by atoms with van der Waals surface area (Å²) in [6.07, 6.45) is 8.18. The number of hydrogen-bond donors (Lipinski definition) is 0. The Morgan fingerprint density at radius 3 is 2.65 bits per heavy atom. The number of benzene rings is 1. The van der Waals surface area contributed by atoms with Crippen LogP contribution in [0.3, 0.4) is 0 Å². The van der Waals surface area contributed by atoms with Gasteiger partial charge < -0.3 is 4.74 Å². The zero-order valence-electron chi connectivity index (χ0n) is 10.1. The molecule has 0 amide bonds. The lowest BCUT2D eigenvalue weighted by Crippen LogP contribution is -2.39. The number of ketones is 1. The first-order chi connectivity index (χ1) is 8.19. The lowest BCUT2D eigenvalue weighted by atomic mass is 9.85. The third kappa shape index (κ3) is 2.08. The molecule has 1 aliphatic carbocycles. The van der Waals surface area contributed by atoms with Crippen LogP contribution in [0.15, 0.2) is 48.6 Å². The molecule has 2 nitrogen and oxygen atoms in total. The average Bonchev–Trinajstić information content (AvgIpc) is 2.39. The number of aryl methyl sites for hydroxylation is 1. The minimum Gasteiger partial charge on any atom is -0.366 e. The van der Waals surface area contributed by atoms with Gasteiger partial charge in [-0.05, 0) is 18.6 Å². The number of allylic oxidation sites excluding steroid dienone is 2. The summed E-state index contributed by atoms with van der Waals surface area (Å²) in [4.78, 5) is 12.6. The van der Waals surface area contributed by atoms with Gasteiger partial charge >= 0.3 is 0 Å². The van der Waals surface area contributed by atoms with Crippen molar-refractivity contribution < 1.29 is 9.53 Å². The Hall–Kier alpha value is -1.67. The van der Waals surface area contributed by atoms with E-state index in [2.05, 4.69) is 0 Å². The van der Waals surface area contributed by atoms with Crippen molar-refractivity contribution in [2.24, 2.45) is 0 Å². The third-order valence-electron chi connectivity index (χ3n) is 3.17. The quantitative estimate of drug-likeness (QED) is 0.743. The molecule has 0 radical (unpaired) electrons. The van der Waals surface area contributed by atoms with Crippen molar-refractivity contribution in [3.05, 3.63) is 59.7 Å². The maximum Gasteiger partial charge on any atom is 0.199 e. The zero-order valence-corrected chi connectivity index (χ0v) is 10.1. The van der Waals surface area contributed by atoms with Gasteiger partial charge in [0.05, 0.1) is 0 Å². The van der Waals surface area contributed by atoms with Gasteiger partial charge in [-0.3, -0.25) is 4.79 Å². The maximum absolute atomic E-state index is 12.6. The van der Waals surface area contributed by atoms with E-state index in [1.807, 2.05) is 55.5 Å². The van der Waals surface area contributed by atoms with Crippen molar-refractivity contribution in [2.45, 2.75) is 18.9 Å². The molecule has 0 N–H and O–H groups in total. The Labute approximate surface area is 102 Å². The van der Waals surface area contributed by atoms with Crippen molar-refractivity contribution in [3.8, 4) is 0 Å². The van der Waals surface area contributed by atoms with E-state index in [4.69, 9.17) is 4.74 Å². The van der Waals surface area contributed by atoms with Crippen LogP contribution in [0.4, 0.5) is 0 Å². The van der Waals surface area contributed by atoms with Crippen LogP contribution in [-0.4, -0.2) is 18.5 Å². The molecule has 1 aromatic rings. The van der Waals surface area contributed by atoms with Crippen LogP contribution in [0.25, 0.3) is 0 Å². The predicted molar refractivity (Wildman–Crippen MR) is 68.1 cm³/mol. The lowest BCUT2D eigenvalue weighted by Gasteiger charge is -2.28. The van der Waals surface area contributed by atoms with Gasteiger partial charge in [0.2, 0.25) is 0 Å². The van der Waals surface area contributed by atoms with Crippen molar-refractivity contribution in [1.82, 2.24) is 0 Å². The van der Waals surface area contributed by atoms with Crippen LogP contribution >= 0.6 is 0 Å². The van der Waals surface area contributed by atoms with Gasteiger partial charge in [-0.1, -0.05) is 42.5 Å². The zero-order chi connectivity index (χ0) is 12.3. The summed E-state index contributed by atoms with van der Waals surface area (Å²) in [6.45, 7) is 1.94. The number of carbonyl (C=O) groups excluding carboxylic acids is 1. The Kier molecular flexibility index (Phi) is 3.25. The molecule has 17 heavy (non-hydrogen) atoms. The van der Waals surface area contributed by atoms with Crippen LogP contribution in [0.2, 0.25) is 0 Å². The molecule has 0 aliphatic heterocycles. The first-order valence-electron chi connectivity index (χ1n) is 5.69. The number of hydrogen-bond acceptors (Lipinski definition) is 2. The van der Waals surface area contributed by atoms with E-state index in [1.165, 1.54) is 0 Å². The molecule has 1 aliphatic rings. The van der Waals surface area contributed by atoms with Crippen LogP contribution in [0.5, 0.6) is 0 Å². The van der Waals surface area contributed by atoms with Gasteiger partial charge in [-0.15, -0.1) is 0 Å². The van der Waals surface area contributed by atoms with E-state index < -0.39 is 5.60 Å². The fraction of sp³-hybridized carbons (Fsp3) is 0.267. The molecule has 1 unspecified atom stereocenters. The van der Waals surface area contributed by atoms with Gasteiger partial charge in [0.25, 0.3) is 0 Å². The average molecular weight is 228 g/mol. The van der Waals surface area contributed by atoms with Crippen LogP contribution in [-0.2, 0) is 4.74 Å². The van der Waals surface area contributed by atoms with Crippen molar-refractivity contribution in [1.29, 1.82) is 0 Å². The molecule has 0 fully saturated rings. The normalized spacial score (nSPS) is 22.7. The number of carbonyl (C=O) groups is 1. The lowest BCUT2D eigenvalue weighted by molar-refractivity contribution is 0.0291. The summed E-state index contributed by atoms with van der Waals surface area (Å²) in [7, 11) is 1.58. The molecule has 88 valence electrons. The van der Waals surface area contributed by atoms with E-state index in [0.29, 0.717) is 6.42 Å². The highest BCUT2D eigenvalue weighted by Crippen LogP contribution is 2.27. The largest absolute Gasteiger partial charge is 0.366 e. The van der Waals surface area contributed by atoms with Crippen LogP contribution in [0, 0.1) is 6.92 Å². The van der Waals surface area contributed by atoms with Crippen LogP contribution in [0.1, 0.15) is 22.3 Å². The molecular formula is C15H16O2. The van der Waals surface area contributed by atoms with E-state index in [0.717, 1.165) is 11.1 Å². The first-order valence-corrected chi connectivity index (χ1v) is 5.69. The number of ether oxygens (including phenoxy) is 1. The SMILES string of the molecule is COC1(C(=O)c2ccccc2C)C=CC=CC1. The summed E-state index contributed by atoms with van der Waals surface area (Å²) in [5.41, 5.74) is 0.882. The number of methoxy groups -OCH3 is 1. The second-order valence-corrected chi connectivity index (χ2v) is 4.23. The Morgan fingerprint density at radius 2 is 2.06 bits per heavy atom. The predicted octanol–water partition coefficient (Wildman–Crippen LogP) is 3.08. The van der Waals surface area contributed by atoms with Crippen molar-refractivity contribution in [3.63, 3.8) is 0 Å². The minimum atomic E-state index is -0.832. The standard InChI is InChI=1S/C15H16O2/c1-12-8-4-5-9-13(12)14(16)15(17-2)10-6-3-7-11-15/h3-10H,11H2,1-2H3. The molecule has 0 spiro atoms. The van der Waals surface area contributed by atoms with Crippen molar-refractivity contribution in [2.75, 3.05) is 7.11 Å². The summed E-state index contributed by atoms with van der Waals surface area (Å²) >= 11 is 0. The van der Waals surface area contributed by atoms with Gasteiger partial charge in [-0.2, -0.15) is 0 Å². The highest BCUT2D eigenvalue weighted by atomic mass is 16.5. The summed E-state index contributed by atoms with van der Waals surface area (Å²) < 4.78 is 5.46.